The average Bonchev–Trinajstić information content (AvgIpc) is 2.18. The van der Waals surface area contributed by atoms with Crippen LogP contribution in [0.3, 0.4) is 0 Å². The van der Waals surface area contributed by atoms with E-state index in [1.54, 1.807) is 0 Å². The van der Waals surface area contributed by atoms with Crippen LogP contribution in [0.25, 0.3) is 0 Å². The van der Waals surface area contributed by atoms with Gasteiger partial charge in [-0.3, -0.25) is 0 Å². The highest BCUT2D eigenvalue weighted by Gasteiger charge is 2.16. The van der Waals surface area contributed by atoms with Crippen LogP contribution in [0.2, 0.25) is 5.02 Å². The summed E-state index contributed by atoms with van der Waals surface area (Å²) in [6, 6.07) is 1.23. The van der Waals surface area contributed by atoms with Crippen LogP contribution in [-0.2, 0) is 6.42 Å². The summed E-state index contributed by atoms with van der Waals surface area (Å²) in [7, 11) is 1.37. The molecule has 0 heterocycles. The molecule has 0 amide bonds. The molecule has 3 nitrogen and oxygen atoms in total. The average molecular weight is 220 g/mol. The van der Waals surface area contributed by atoms with Crippen molar-refractivity contribution in [1.82, 2.24) is 0 Å². The summed E-state index contributed by atoms with van der Waals surface area (Å²) in [6.07, 6.45) is 0.217. The lowest BCUT2D eigenvalue weighted by Gasteiger charge is -2.10. The van der Waals surface area contributed by atoms with Crippen molar-refractivity contribution in [3.05, 3.63) is 22.5 Å². The molecule has 78 valence electrons. The molecule has 0 aliphatic rings. The number of phenolic OH excluding ortho intramolecular Hbond substituents is 1. The maximum Gasteiger partial charge on any atom is 0.164 e. The van der Waals surface area contributed by atoms with Gasteiger partial charge in [0, 0.05) is 11.6 Å². The first kappa shape index (κ1) is 11.1. The fourth-order valence-electron chi connectivity index (χ4n) is 1.17. The normalized spacial score (nSPS) is 10.3. The van der Waals surface area contributed by atoms with Crippen molar-refractivity contribution in [2.75, 3.05) is 13.7 Å². The maximum absolute atomic E-state index is 13.4. The molecule has 0 fully saturated rings. The van der Waals surface area contributed by atoms with Crippen molar-refractivity contribution in [3.8, 4) is 11.5 Å². The lowest BCUT2D eigenvalue weighted by Crippen LogP contribution is -2.05. The number of ether oxygens (including phenoxy) is 1. The zero-order valence-electron chi connectivity index (χ0n) is 7.68. The highest BCUT2D eigenvalue weighted by Crippen LogP contribution is 2.36. The van der Waals surface area contributed by atoms with Gasteiger partial charge in [-0.1, -0.05) is 11.6 Å². The van der Waals surface area contributed by atoms with E-state index in [1.807, 2.05) is 0 Å². The summed E-state index contributed by atoms with van der Waals surface area (Å²) in [5.41, 5.74) is 5.37. The van der Waals surface area contributed by atoms with Gasteiger partial charge in [0.1, 0.15) is 5.82 Å². The zero-order valence-corrected chi connectivity index (χ0v) is 8.44. The van der Waals surface area contributed by atoms with Gasteiger partial charge in [0.25, 0.3) is 0 Å². The van der Waals surface area contributed by atoms with E-state index in [0.717, 1.165) is 0 Å². The largest absolute Gasteiger partial charge is 0.504 e. The van der Waals surface area contributed by atoms with E-state index >= 15 is 0 Å². The lowest BCUT2D eigenvalue weighted by molar-refractivity contribution is 0.367. The van der Waals surface area contributed by atoms with Crippen LogP contribution in [0.15, 0.2) is 6.07 Å². The first-order valence-corrected chi connectivity index (χ1v) is 4.43. The fraction of sp³-hybridized carbons (Fsp3) is 0.333. The van der Waals surface area contributed by atoms with E-state index in [1.165, 1.54) is 13.2 Å². The van der Waals surface area contributed by atoms with Crippen LogP contribution in [0.1, 0.15) is 5.56 Å². The molecular formula is C9H11ClFNO2. The van der Waals surface area contributed by atoms with Crippen molar-refractivity contribution in [2.45, 2.75) is 6.42 Å². The van der Waals surface area contributed by atoms with Gasteiger partial charge >= 0.3 is 0 Å². The molecule has 1 aromatic carbocycles. The lowest BCUT2D eigenvalue weighted by atomic mass is 10.1. The van der Waals surface area contributed by atoms with Crippen LogP contribution < -0.4 is 10.5 Å². The van der Waals surface area contributed by atoms with Crippen LogP contribution in [0, 0.1) is 5.82 Å². The molecule has 0 bridgehead atoms. The fourth-order valence-corrected chi connectivity index (χ4v) is 1.38. The third-order valence-corrected chi connectivity index (χ3v) is 2.14. The van der Waals surface area contributed by atoms with Crippen molar-refractivity contribution in [2.24, 2.45) is 5.73 Å². The summed E-state index contributed by atoms with van der Waals surface area (Å²) >= 11 is 5.60. The Morgan fingerprint density at radius 2 is 2.29 bits per heavy atom. The standard InChI is InChI=1S/C9H11ClFNO2/c1-14-7-4-6(10)8(11)5(2-3-12)9(7)13/h4,13H,2-3,12H2,1H3. The smallest absolute Gasteiger partial charge is 0.164 e. The molecule has 0 aliphatic heterocycles. The van der Waals surface area contributed by atoms with Gasteiger partial charge in [0.15, 0.2) is 11.5 Å². The number of phenols is 1. The molecule has 0 aromatic heterocycles. The Labute approximate surface area is 86.2 Å². The quantitative estimate of drug-likeness (QED) is 0.814. The number of nitrogens with two attached hydrogens (primary N) is 1. The number of hydrogen-bond donors (Lipinski definition) is 2. The van der Waals surface area contributed by atoms with E-state index in [0.29, 0.717) is 0 Å². The van der Waals surface area contributed by atoms with Gasteiger partial charge in [-0.05, 0) is 13.0 Å². The summed E-state index contributed by atoms with van der Waals surface area (Å²) in [6.45, 7) is 0.230. The van der Waals surface area contributed by atoms with Crippen molar-refractivity contribution >= 4 is 11.6 Å². The summed E-state index contributed by atoms with van der Waals surface area (Å²) < 4.78 is 18.2. The number of methoxy groups -OCH3 is 1. The number of rotatable bonds is 3. The Bertz CT molecular complexity index is 344. The van der Waals surface area contributed by atoms with Crippen molar-refractivity contribution < 1.29 is 14.2 Å². The van der Waals surface area contributed by atoms with Crippen molar-refractivity contribution in [3.63, 3.8) is 0 Å². The second kappa shape index (κ2) is 4.48. The molecule has 3 N–H and O–H groups in total. The number of halogens is 2. The Morgan fingerprint density at radius 3 is 2.79 bits per heavy atom. The molecule has 0 radical (unpaired) electrons. The predicted octanol–water partition coefficient (Wildman–Crippen LogP) is 1.69. The zero-order chi connectivity index (χ0) is 10.7. The minimum atomic E-state index is -0.643. The molecule has 0 atom stereocenters. The number of benzene rings is 1. The van der Waals surface area contributed by atoms with Gasteiger partial charge in [0.2, 0.25) is 0 Å². The van der Waals surface area contributed by atoms with Gasteiger partial charge < -0.3 is 15.6 Å². The van der Waals surface area contributed by atoms with E-state index in [4.69, 9.17) is 22.1 Å². The molecule has 14 heavy (non-hydrogen) atoms. The van der Waals surface area contributed by atoms with Crippen LogP contribution in [0.5, 0.6) is 11.5 Å². The number of aromatic hydroxyl groups is 1. The van der Waals surface area contributed by atoms with Crippen LogP contribution in [-0.4, -0.2) is 18.8 Å². The van der Waals surface area contributed by atoms with E-state index in [-0.39, 0.29) is 35.1 Å². The van der Waals surface area contributed by atoms with Gasteiger partial charge in [-0.15, -0.1) is 0 Å². The highest BCUT2D eigenvalue weighted by molar-refractivity contribution is 6.31. The summed E-state index contributed by atoms with van der Waals surface area (Å²) in [5.74, 6) is -0.727. The summed E-state index contributed by atoms with van der Waals surface area (Å²) in [5, 5.41) is 9.47. The first-order chi connectivity index (χ1) is 6.61. The van der Waals surface area contributed by atoms with E-state index in [2.05, 4.69) is 0 Å². The van der Waals surface area contributed by atoms with Crippen molar-refractivity contribution in [1.29, 1.82) is 0 Å². The first-order valence-electron chi connectivity index (χ1n) is 4.05. The molecular weight excluding hydrogens is 209 g/mol. The van der Waals surface area contributed by atoms with Gasteiger partial charge in [-0.2, -0.15) is 0 Å². The maximum atomic E-state index is 13.4. The topological polar surface area (TPSA) is 55.5 Å². The van der Waals surface area contributed by atoms with E-state index in [9.17, 15) is 9.50 Å². The monoisotopic (exact) mass is 219 g/mol. The molecule has 1 rings (SSSR count). The number of hydrogen-bond acceptors (Lipinski definition) is 3. The Morgan fingerprint density at radius 1 is 1.64 bits per heavy atom. The van der Waals surface area contributed by atoms with E-state index < -0.39 is 5.82 Å². The third-order valence-electron chi connectivity index (χ3n) is 1.87. The third kappa shape index (κ3) is 1.91. The predicted molar refractivity (Wildman–Crippen MR) is 52.4 cm³/mol. The molecule has 0 spiro atoms. The molecule has 0 saturated heterocycles. The molecule has 0 unspecified atom stereocenters. The highest BCUT2D eigenvalue weighted by atomic mass is 35.5. The van der Waals surface area contributed by atoms with Gasteiger partial charge in [-0.25, -0.2) is 4.39 Å². The summed E-state index contributed by atoms with van der Waals surface area (Å²) in [4.78, 5) is 0. The minimum absolute atomic E-state index is 0.0805. The minimum Gasteiger partial charge on any atom is -0.504 e. The van der Waals surface area contributed by atoms with Gasteiger partial charge in [0.05, 0.1) is 12.1 Å². The van der Waals surface area contributed by atoms with Crippen LogP contribution in [0.4, 0.5) is 4.39 Å². The van der Waals surface area contributed by atoms with Crippen LogP contribution >= 0.6 is 11.6 Å². The second-order valence-electron chi connectivity index (χ2n) is 2.74. The molecule has 5 heteroatoms. The molecule has 0 aliphatic carbocycles. The Kier molecular flexibility index (Phi) is 3.55. The SMILES string of the molecule is COc1cc(Cl)c(F)c(CCN)c1O. The molecule has 0 saturated carbocycles. The Hall–Kier alpha value is -1.00. The Balaban J connectivity index is 3.29. The molecule has 1 aromatic rings. The second-order valence-corrected chi connectivity index (χ2v) is 3.15.